The van der Waals surface area contributed by atoms with Gasteiger partial charge in [0.25, 0.3) is 0 Å². The second kappa shape index (κ2) is 3.22. The molecule has 1 unspecified atom stereocenters. The number of nitrogens with zero attached hydrogens (tertiary/aromatic N) is 2. The van der Waals surface area contributed by atoms with Gasteiger partial charge in [0.05, 0.1) is 12.0 Å². The van der Waals surface area contributed by atoms with Crippen LogP contribution in [0.1, 0.15) is 18.7 Å². The summed E-state index contributed by atoms with van der Waals surface area (Å²) in [6.45, 7) is 1.69. The van der Waals surface area contributed by atoms with Gasteiger partial charge in [-0.25, -0.2) is 4.98 Å². The van der Waals surface area contributed by atoms with Gasteiger partial charge in [-0.2, -0.15) is 0 Å². The molecular weight excluding hydrogens is 140 g/mol. The van der Waals surface area contributed by atoms with Crippen molar-refractivity contribution in [3.05, 3.63) is 18.2 Å². The van der Waals surface area contributed by atoms with Gasteiger partial charge in [0, 0.05) is 13.2 Å². The fraction of sp³-hybridized carbons (Fsp3) is 0.375. The summed E-state index contributed by atoms with van der Waals surface area (Å²) in [7, 11) is 1.85. The number of aromatic nitrogens is 2. The fourth-order valence-electron chi connectivity index (χ4n) is 0.785. The van der Waals surface area contributed by atoms with Crippen LogP contribution in [0.15, 0.2) is 12.5 Å². The van der Waals surface area contributed by atoms with E-state index in [1.807, 2.05) is 7.05 Å². The SMILES string of the molecule is CC#CC(O)c1cn(C)cn1. The van der Waals surface area contributed by atoms with Crippen molar-refractivity contribution in [3.63, 3.8) is 0 Å². The number of aliphatic hydroxyl groups is 1. The molecule has 1 heterocycles. The topological polar surface area (TPSA) is 38.0 Å². The van der Waals surface area contributed by atoms with Crippen LogP contribution in [0.2, 0.25) is 0 Å². The summed E-state index contributed by atoms with van der Waals surface area (Å²) in [5, 5.41) is 9.28. The maximum absolute atomic E-state index is 9.28. The molecule has 58 valence electrons. The Labute approximate surface area is 65.7 Å². The molecule has 1 aromatic rings. The molecule has 0 radical (unpaired) electrons. The molecule has 0 spiro atoms. The predicted molar refractivity (Wildman–Crippen MR) is 41.6 cm³/mol. The quantitative estimate of drug-likeness (QED) is 0.591. The van der Waals surface area contributed by atoms with Crippen LogP contribution in [-0.2, 0) is 7.05 Å². The third kappa shape index (κ3) is 1.82. The smallest absolute Gasteiger partial charge is 0.158 e. The Hall–Kier alpha value is -1.27. The molecule has 0 fully saturated rings. The van der Waals surface area contributed by atoms with Crippen LogP contribution in [0.3, 0.4) is 0 Å². The van der Waals surface area contributed by atoms with Crippen molar-refractivity contribution in [2.45, 2.75) is 13.0 Å². The number of imidazole rings is 1. The summed E-state index contributed by atoms with van der Waals surface area (Å²) in [6.07, 6.45) is 2.63. The average Bonchev–Trinajstić information content (AvgIpc) is 2.36. The standard InChI is InChI=1S/C8H10N2O/c1-3-4-8(11)7-5-10(2)6-9-7/h5-6,8,11H,1-2H3. The second-order valence-corrected chi connectivity index (χ2v) is 2.26. The molecule has 3 heteroatoms. The van der Waals surface area contributed by atoms with E-state index in [2.05, 4.69) is 16.8 Å². The third-order valence-corrected chi connectivity index (χ3v) is 1.29. The molecule has 0 aromatic carbocycles. The minimum absolute atomic E-state index is 0.599. The van der Waals surface area contributed by atoms with Crippen LogP contribution in [0.5, 0.6) is 0 Å². The second-order valence-electron chi connectivity index (χ2n) is 2.26. The number of hydrogen-bond donors (Lipinski definition) is 1. The van der Waals surface area contributed by atoms with Crippen LogP contribution in [0.25, 0.3) is 0 Å². The van der Waals surface area contributed by atoms with Crippen molar-refractivity contribution in [1.82, 2.24) is 9.55 Å². The van der Waals surface area contributed by atoms with Crippen molar-refractivity contribution in [2.24, 2.45) is 7.05 Å². The van der Waals surface area contributed by atoms with Gasteiger partial charge >= 0.3 is 0 Å². The lowest BCUT2D eigenvalue weighted by molar-refractivity contribution is 0.234. The van der Waals surface area contributed by atoms with Gasteiger partial charge < -0.3 is 9.67 Å². The Morgan fingerprint density at radius 3 is 2.91 bits per heavy atom. The summed E-state index contributed by atoms with van der Waals surface area (Å²) >= 11 is 0. The first kappa shape index (κ1) is 7.83. The van der Waals surface area contributed by atoms with Gasteiger partial charge in [-0.3, -0.25) is 0 Å². The van der Waals surface area contributed by atoms with Crippen molar-refractivity contribution in [3.8, 4) is 11.8 Å². The van der Waals surface area contributed by atoms with E-state index in [0.29, 0.717) is 5.69 Å². The van der Waals surface area contributed by atoms with Gasteiger partial charge in [-0.1, -0.05) is 5.92 Å². The Morgan fingerprint density at radius 2 is 2.45 bits per heavy atom. The van der Waals surface area contributed by atoms with E-state index in [1.165, 1.54) is 0 Å². The first-order valence-electron chi connectivity index (χ1n) is 3.32. The lowest BCUT2D eigenvalue weighted by Crippen LogP contribution is -1.93. The molecule has 0 amide bonds. The number of hydrogen-bond acceptors (Lipinski definition) is 2. The molecule has 1 rings (SSSR count). The molecule has 0 aliphatic heterocycles. The monoisotopic (exact) mass is 150 g/mol. The molecule has 1 atom stereocenters. The molecule has 0 saturated carbocycles. The molecule has 3 nitrogen and oxygen atoms in total. The molecular formula is C8H10N2O. The van der Waals surface area contributed by atoms with Crippen molar-refractivity contribution >= 4 is 0 Å². The van der Waals surface area contributed by atoms with Crippen LogP contribution in [0.4, 0.5) is 0 Å². The van der Waals surface area contributed by atoms with E-state index in [4.69, 9.17) is 0 Å². The normalized spacial score (nSPS) is 11.9. The zero-order valence-electron chi connectivity index (χ0n) is 6.57. The first-order valence-corrected chi connectivity index (χ1v) is 3.32. The Balaban J connectivity index is 2.81. The van der Waals surface area contributed by atoms with E-state index in [0.717, 1.165) is 0 Å². The lowest BCUT2D eigenvalue weighted by Gasteiger charge is -1.95. The van der Waals surface area contributed by atoms with Crippen molar-refractivity contribution < 1.29 is 5.11 Å². The summed E-state index contributed by atoms with van der Waals surface area (Å²) in [4.78, 5) is 3.94. The predicted octanol–water partition coefficient (Wildman–Crippen LogP) is 0.477. The van der Waals surface area contributed by atoms with Gasteiger partial charge in [-0.15, -0.1) is 5.92 Å². The highest BCUT2D eigenvalue weighted by molar-refractivity contribution is 5.14. The Kier molecular flexibility index (Phi) is 2.29. The van der Waals surface area contributed by atoms with Gasteiger partial charge in [0.15, 0.2) is 6.10 Å². The molecule has 0 saturated heterocycles. The summed E-state index contributed by atoms with van der Waals surface area (Å²) in [5.41, 5.74) is 0.599. The van der Waals surface area contributed by atoms with Crippen LogP contribution in [-0.4, -0.2) is 14.7 Å². The van der Waals surface area contributed by atoms with Gasteiger partial charge in [-0.05, 0) is 6.92 Å². The highest BCUT2D eigenvalue weighted by Crippen LogP contribution is 2.06. The fourth-order valence-corrected chi connectivity index (χ4v) is 0.785. The third-order valence-electron chi connectivity index (χ3n) is 1.29. The lowest BCUT2D eigenvalue weighted by atomic mass is 10.3. The highest BCUT2D eigenvalue weighted by Gasteiger charge is 2.04. The summed E-state index contributed by atoms with van der Waals surface area (Å²) in [5.74, 6) is 5.23. The van der Waals surface area contributed by atoms with Crippen LogP contribution in [0, 0.1) is 11.8 Å². The van der Waals surface area contributed by atoms with Crippen molar-refractivity contribution in [2.75, 3.05) is 0 Å². The Bertz CT molecular complexity index is 293. The van der Waals surface area contributed by atoms with E-state index in [-0.39, 0.29) is 0 Å². The zero-order chi connectivity index (χ0) is 8.27. The Morgan fingerprint density at radius 1 is 1.73 bits per heavy atom. The molecule has 1 aromatic heterocycles. The molecule has 11 heavy (non-hydrogen) atoms. The highest BCUT2D eigenvalue weighted by atomic mass is 16.3. The summed E-state index contributed by atoms with van der Waals surface area (Å²) < 4.78 is 1.77. The molecule has 0 aliphatic carbocycles. The number of aryl methyl sites for hydroxylation is 1. The van der Waals surface area contributed by atoms with E-state index in [9.17, 15) is 5.11 Å². The van der Waals surface area contributed by atoms with E-state index < -0.39 is 6.10 Å². The minimum Gasteiger partial charge on any atom is -0.374 e. The van der Waals surface area contributed by atoms with Crippen LogP contribution < -0.4 is 0 Å². The molecule has 0 aliphatic rings. The van der Waals surface area contributed by atoms with Crippen LogP contribution >= 0.6 is 0 Å². The number of rotatable bonds is 1. The van der Waals surface area contributed by atoms with E-state index >= 15 is 0 Å². The average molecular weight is 150 g/mol. The number of aliphatic hydroxyl groups excluding tert-OH is 1. The molecule has 0 bridgehead atoms. The largest absolute Gasteiger partial charge is 0.374 e. The van der Waals surface area contributed by atoms with Crippen molar-refractivity contribution in [1.29, 1.82) is 0 Å². The maximum Gasteiger partial charge on any atom is 0.158 e. The van der Waals surface area contributed by atoms with E-state index in [1.54, 1.807) is 24.0 Å². The maximum atomic E-state index is 9.28. The van der Waals surface area contributed by atoms with Gasteiger partial charge in [0.1, 0.15) is 0 Å². The summed E-state index contributed by atoms with van der Waals surface area (Å²) in [6, 6.07) is 0. The molecule has 1 N–H and O–H groups in total. The van der Waals surface area contributed by atoms with Gasteiger partial charge in [0.2, 0.25) is 0 Å². The zero-order valence-corrected chi connectivity index (χ0v) is 6.57. The minimum atomic E-state index is -0.749. The first-order chi connectivity index (χ1) is 5.24.